The molecule has 7 heteroatoms. The van der Waals surface area contributed by atoms with Crippen LogP contribution in [0.25, 0.3) is 5.69 Å². The van der Waals surface area contributed by atoms with Gasteiger partial charge < -0.3 is 10.0 Å². The minimum atomic E-state index is -0.853. The van der Waals surface area contributed by atoms with Gasteiger partial charge in [-0.15, -0.1) is 0 Å². The Bertz CT molecular complexity index is 818. The number of carbonyl (C=O) groups is 2. The number of amides is 1. The molecule has 0 aliphatic carbocycles. The van der Waals surface area contributed by atoms with E-state index in [1.165, 1.54) is 6.20 Å². The zero-order chi connectivity index (χ0) is 18.1. The minimum absolute atomic E-state index is 0.186. The highest BCUT2D eigenvalue weighted by Gasteiger charge is 2.36. The van der Waals surface area contributed by atoms with Gasteiger partial charge in [-0.1, -0.05) is 23.7 Å². The molecule has 1 amide bonds. The number of hydrogen-bond acceptors (Lipinski definition) is 3. The van der Waals surface area contributed by atoms with Crippen LogP contribution in [0.15, 0.2) is 30.5 Å². The number of rotatable bonds is 3. The van der Waals surface area contributed by atoms with E-state index in [-0.39, 0.29) is 11.9 Å². The average molecular weight is 362 g/mol. The molecule has 25 heavy (non-hydrogen) atoms. The fourth-order valence-electron chi connectivity index (χ4n) is 3.40. The molecule has 132 valence electrons. The molecule has 2 heterocycles. The van der Waals surface area contributed by atoms with Crippen LogP contribution in [0.2, 0.25) is 5.02 Å². The molecular weight excluding hydrogens is 342 g/mol. The lowest BCUT2D eigenvalue weighted by atomic mass is 9.90. The van der Waals surface area contributed by atoms with E-state index in [1.54, 1.807) is 22.6 Å². The predicted octanol–water partition coefficient (Wildman–Crippen LogP) is 3.16. The summed E-state index contributed by atoms with van der Waals surface area (Å²) >= 11 is 6.22. The second kappa shape index (κ2) is 6.88. The molecule has 0 bridgehead atoms. The number of halogens is 1. The lowest BCUT2D eigenvalue weighted by Gasteiger charge is -2.37. The first-order valence-corrected chi connectivity index (χ1v) is 8.63. The number of carbonyl (C=O) groups excluding carboxylic acids is 1. The topological polar surface area (TPSA) is 75.4 Å². The Hall–Kier alpha value is -2.34. The number of carboxylic acids is 1. The first-order chi connectivity index (χ1) is 11.9. The summed E-state index contributed by atoms with van der Waals surface area (Å²) in [6, 6.07) is 6.94. The van der Waals surface area contributed by atoms with E-state index in [1.807, 2.05) is 25.1 Å². The van der Waals surface area contributed by atoms with Gasteiger partial charge in [-0.2, -0.15) is 5.10 Å². The molecule has 0 unspecified atom stereocenters. The second-order valence-corrected chi connectivity index (χ2v) is 6.74. The zero-order valence-corrected chi connectivity index (χ0v) is 14.9. The van der Waals surface area contributed by atoms with E-state index >= 15 is 0 Å². The summed E-state index contributed by atoms with van der Waals surface area (Å²) in [7, 11) is 0. The van der Waals surface area contributed by atoms with Gasteiger partial charge in [-0.3, -0.25) is 9.59 Å². The lowest BCUT2D eigenvalue weighted by molar-refractivity contribution is -0.144. The Kier molecular flexibility index (Phi) is 4.81. The van der Waals surface area contributed by atoms with Crippen LogP contribution < -0.4 is 0 Å². The molecule has 2 aromatic rings. The molecular formula is C18H20ClN3O3. The summed E-state index contributed by atoms with van der Waals surface area (Å²) in [6.07, 6.45) is 2.81. The summed E-state index contributed by atoms with van der Waals surface area (Å²) < 4.78 is 1.64. The van der Waals surface area contributed by atoms with Gasteiger partial charge in [0.15, 0.2) is 0 Å². The van der Waals surface area contributed by atoms with E-state index in [0.29, 0.717) is 41.4 Å². The van der Waals surface area contributed by atoms with E-state index in [2.05, 4.69) is 5.10 Å². The SMILES string of the molecule is Cc1c(C(=O)N2CCC[C@@H](C(=O)O)[C@H]2C)cnn1-c1ccccc1Cl. The van der Waals surface area contributed by atoms with Crippen molar-refractivity contribution in [1.29, 1.82) is 0 Å². The molecule has 1 saturated heterocycles. The van der Waals surface area contributed by atoms with Crippen molar-refractivity contribution in [1.82, 2.24) is 14.7 Å². The van der Waals surface area contributed by atoms with E-state index in [4.69, 9.17) is 11.6 Å². The summed E-state index contributed by atoms with van der Waals surface area (Å²) in [6.45, 7) is 4.16. The standard InChI is InChI=1S/C18H20ClN3O3/c1-11-13(18(24)25)6-5-9-21(11)17(23)14-10-20-22(12(14)2)16-8-4-3-7-15(16)19/h3-4,7-8,10-11,13H,5-6,9H2,1-2H3,(H,24,25)/t11-,13-/m1/s1. The molecule has 3 rings (SSSR count). The molecule has 0 saturated carbocycles. The summed E-state index contributed by atoms with van der Waals surface area (Å²) in [5.41, 5.74) is 1.86. The van der Waals surface area contributed by atoms with Crippen molar-refractivity contribution < 1.29 is 14.7 Å². The molecule has 0 radical (unpaired) electrons. The first kappa shape index (κ1) is 17.5. The smallest absolute Gasteiger partial charge is 0.308 e. The van der Waals surface area contributed by atoms with Crippen LogP contribution in [0.5, 0.6) is 0 Å². The first-order valence-electron chi connectivity index (χ1n) is 8.25. The van der Waals surface area contributed by atoms with Gasteiger partial charge in [0, 0.05) is 12.6 Å². The Balaban J connectivity index is 1.91. The van der Waals surface area contributed by atoms with Crippen LogP contribution >= 0.6 is 11.6 Å². The summed E-state index contributed by atoms with van der Waals surface area (Å²) in [5.74, 6) is -1.57. The number of nitrogens with zero attached hydrogens (tertiary/aromatic N) is 3. The number of carboxylic acid groups (broad SMARTS) is 1. The third-order valence-electron chi connectivity index (χ3n) is 4.89. The van der Waals surface area contributed by atoms with E-state index < -0.39 is 11.9 Å². The zero-order valence-electron chi connectivity index (χ0n) is 14.1. The number of hydrogen-bond donors (Lipinski definition) is 1. The normalized spacial score (nSPS) is 20.5. The third kappa shape index (κ3) is 3.14. The molecule has 0 spiro atoms. The number of para-hydroxylation sites is 1. The molecule has 1 aromatic carbocycles. The van der Waals surface area contributed by atoms with Gasteiger partial charge in [-0.25, -0.2) is 4.68 Å². The van der Waals surface area contributed by atoms with Crippen LogP contribution in [-0.2, 0) is 4.79 Å². The monoisotopic (exact) mass is 361 g/mol. The molecule has 1 aliphatic rings. The Morgan fingerprint density at radius 2 is 2.04 bits per heavy atom. The van der Waals surface area contributed by atoms with Gasteiger partial charge >= 0.3 is 5.97 Å². The minimum Gasteiger partial charge on any atom is -0.481 e. The second-order valence-electron chi connectivity index (χ2n) is 6.33. The molecule has 1 aromatic heterocycles. The summed E-state index contributed by atoms with van der Waals surface area (Å²) in [5, 5.41) is 14.2. The van der Waals surface area contributed by atoms with Gasteiger partial charge in [-0.05, 0) is 38.8 Å². The number of benzene rings is 1. The Labute approximate surface area is 151 Å². The van der Waals surface area contributed by atoms with Crippen molar-refractivity contribution in [3.05, 3.63) is 46.7 Å². The van der Waals surface area contributed by atoms with Gasteiger partial charge in [0.05, 0.1) is 34.1 Å². The van der Waals surface area contributed by atoms with Crippen LogP contribution in [0, 0.1) is 12.8 Å². The fraction of sp³-hybridized carbons (Fsp3) is 0.389. The maximum absolute atomic E-state index is 13.0. The van der Waals surface area contributed by atoms with Crippen LogP contribution in [-0.4, -0.2) is 44.3 Å². The van der Waals surface area contributed by atoms with Gasteiger partial charge in [0.1, 0.15) is 0 Å². The highest BCUT2D eigenvalue weighted by molar-refractivity contribution is 6.32. The average Bonchev–Trinajstić information content (AvgIpc) is 2.96. The highest BCUT2D eigenvalue weighted by Crippen LogP contribution is 2.27. The number of likely N-dealkylation sites (tertiary alicyclic amines) is 1. The van der Waals surface area contributed by atoms with E-state index in [9.17, 15) is 14.7 Å². The van der Waals surface area contributed by atoms with Crippen molar-refractivity contribution in [3.8, 4) is 5.69 Å². The van der Waals surface area contributed by atoms with Crippen LogP contribution in [0.1, 0.15) is 35.8 Å². The highest BCUT2D eigenvalue weighted by atomic mass is 35.5. The molecule has 1 aliphatic heterocycles. The van der Waals surface area contributed by atoms with Crippen molar-refractivity contribution in [2.45, 2.75) is 32.7 Å². The molecule has 2 atom stereocenters. The number of aliphatic carboxylic acids is 1. The third-order valence-corrected chi connectivity index (χ3v) is 5.21. The Morgan fingerprint density at radius 3 is 2.72 bits per heavy atom. The maximum atomic E-state index is 13.0. The molecule has 1 N–H and O–H groups in total. The lowest BCUT2D eigenvalue weighted by Crippen LogP contribution is -2.49. The quantitative estimate of drug-likeness (QED) is 0.911. The number of aromatic nitrogens is 2. The van der Waals surface area contributed by atoms with Crippen molar-refractivity contribution >= 4 is 23.5 Å². The summed E-state index contributed by atoms with van der Waals surface area (Å²) in [4.78, 5) is 26.0. The molecule has 6 nitrogen and oxygen atoms in total. The molecule has 1 fully saturated rings. The van der Waals surface area contributed by atoms with E-state index in [0.717, 1.165) is 0 Å². The fourth-order valence-corrected chi connectivity index (χ4v) is 3.62. The van der Waals surface area contributed by atoms with Crippen molar-refractivity contribution in [2.24, 2.45) is 5.92 Å². The van der Waals surface area contributed by atoms with Crippen molar-refractivity contribution in [3.63, 3.8) is 0 Å². The van der Waals surface area contributed by atoms with Crippen LogP contribution in [0.3, 0.4) is 0 Å². The largest absolute Gasteiger partial charge is 0.481 e. The van der Waals surface area contributed by atoms with Crippen molar-refractivity contribution in [2.75, 3.05) is 6.54 Å². The van der Waals surface area contributed by atoms with Crippen LogP contribution in [0.4, 0.5) is 0 Å². The predicted molar refractivity (Wildman–Crippen MR) is 94.2 cm³/mol. The maximum Gasteiger partial charge on any atom is 0.308 e. The number of piperidine rings is 1. The van der Waals surface area contributed by atoms with Gasteiger partial charge in [0.2, 0.25) is 0 Å². The van der Waals surface area contributed by atoms with Gasteiger partial charge in [0.25, 0.3) is 5.91 Å². The Morgan fingerprint density at radius 1 is 1.32 bits per heavy atom.